The maximum Gasteiger partial charge on any atom is 0.227 e. The van der Waals surface area contributed by atoms with Gasteiger partial charge in [-0.1, -0.05) is 6.92 Å². The van der Waals surface area contributed by atoms with Crippen molar-refractivity contribution in [3.63, 3.8) is 0 Å². The Morgan fingerprint density at radius 3 is 2.44 bits per heavy atom. The average Bonchev–Trinajstić information content (AvgIpc) is 2.58. The number of aliphatic hydroxyl groups is 2. The van der Waals surface area contributed by atoms with Gasteiger partial charge in [-0.2, -0.15) is 0 Å². The second-order valence-corrected chi connectivity index (χ2v) is 5.07. The van der Waals surface area contributed by atoms with Gasteiger partial charge in [-0.15, -0.1) is 0 Å². The van der Waals surface area contributed by atoms with Crippen molar-refractivity contribution in [3.8, 4) is 0 Å². The summed E-state index contributed by atoms with van der Waals surface area (Å²) in [6.07, 6.45) is -0.662. The number of hydrogen-bond donors (Lipinski definition) is 3. The molecule has 0 radical (unpaired) electrons. The van der Waals surface area contributed by atoms with Crippen LogP contribution in [0.2, 0.25) is 0 Å². The van der Waals surface area contributed by atoms with E-state index in [2.05, 4.69) is 12.2 Å². The molecule has 0 aromatic rings. The zero-order valence-corrected chi connectivity index (χ0v) is 9.59. The van der Waals surface area contributed by atoms with Crippen LogP contribution in [-0.4, -0.2) is 59.4 Å². The largest absolute Gasteiger partial charge is 0.388 e. The molecule has 2 fully saturated rings. The van der Waals surface area contributed by atoms with E-state index in [1.54, 1.807) is 4.90 Å². The van der Waals surface area contributed by atoms with Gasteiger partial charge < -0.3 is 20.4 Å². The summed E-state index contributed by atoms with van der Waals surface area (Å²) >= 11 is 0. The Morgan fingerprint density at radius 2 is 1.88 bits per heavy atom. The Morgan fingerprint density at radius 1 is 1.25 bits per heavy atom. The molecule has 0 aliphatic carbocycles. The van der Waals surface area contributed by atoms with Crippen molar-refractivity contribution in [1.82, 2.24) is 10.2 Å². The molecule has 0 saturated carbocycles. The second-order valence-electron chi connectivity index (χ2n) is 5.07. The molecular weight excluding hydrogens is 208 g/mol. The number of β-amino-alcohol motifs (C(OH)–C–C–N with tert-alkyl or cyclic N) is 2. The zero-order chi connectivity index (χ0) is 11.7. The van der Waals surface area contributed by atoms with E-state index in [4.69, 9.17) is 0 Å². The van der Waals surface area contributed by atoms with Crippen molar-refractivity contribution >= 4 is 5.91 Å². The number of nitrogens with one attached hydrogen (secondary N) is 1. The van der Waals surface area contributed by atoms with Crippen molar-refractivity contribution < 1.29 is 15.0 Å². The number of hydrogen-bond acceptors (Lipinski definition) is 4. The lowest BCUT2D eigenvalue weighted by atomic mass is 9.91. The Balaban J connectivity index is 1.92. The van der Waals surface area contributed by atoms with Crippen molar-refractivity contribution in [2.24, 2.45) is 11.8 Å². The van der Waals surface area contributed by atoms with Crippen molar-refractivity contribution in [2.45, 2.75) is 25.6 Å². The summed E-state index contributed by atoms with van der Waals surface area (Å²) in [7, 11) is 0. The van der Waals surface area contributed by atoms with Crippen molar-refractivity contribution in [3.05, 3.63) is 0 Å². The molecule has 2 aliphatic rings. The van der Waals surface area contributed by atoms with Crippen LogP contribution in [0.1, 0.15) is 13.3 Å². The third-order valence-corrected chi connectivity index (χ3v) is 3.49. The molecule has 3 N–H and O–H groups in total. The van der Waals surface area contributed by atoms with Crippen LogP contribution in [0.15, 0.2) is 0 Å². The minimum Gasteiger partial charge on any atom is -0.388 e. The molecule has 92 valence electrons. The monoisotopic (exact) mass is 228 g/mol. The summed E-state index contributed by atoms with van der Waals surface area (Å²) in [5, 5.41) is 22.1. The van der Waals surface area contributed by atoms with Crippen LogP contribution in [-0.2, 0) is 4.79 Å². The molecule has 0 aromatic carbocycles. The van der Waals surface area contributed by atoms with Crippen LogP contribution in [0.5, 0.6) is 0 Å². The molecule has 5 nitrogen and oxygen atoms in total. The summed E-state index contributed by atoms with van der Waals surface area (Å²) in [5.74, 6) is 0.580. The first-order valence-electron chi connectivity index (χ1n) is 5.93. The van der Waals surface area contributed by atoms with Crippen LogP contribution < -0.4 is 5.32 Å². The van der Waals surface area contributed by atoms with E-state index in [0.29, 0.717) is 12.5 Å². The van der Waals surface area contributed by atoms with E-state index in [1.807, 2.05) is 0 Å². The first kappa shape index (κ1) is 11.8. The Bertz CT molecular complexity index is 255. The molecule has 2 saturated heterocycles. The molecule has 16 heavy (non-hydrogen) atoms. The summed E-state index contributed by atoms with van der Waals surface area (Å²) in [6, 6.07) is 0. The zero-order valence-electron chi connectivity index (χ0n) is 9.59. The van der Waals surface area contributed by atoms with Gasteiger partial charge in [0.25, 0.3) is 0 Å². The summed E-state index contributed by atoms with van der Waals surface area (Å²) in [4.78, 5) is 13.7. The lowest BCUT2D eigenvalue weighted by Crippen LogP contribution is -2.44. The quantitative estimate of drug-likeness (QED) is 0.527. The normalized spacial score (nSPS) is 40.1. The minimum absolute atomic E-state index is 0.00116. The minimum atomic E-state index is -0.780. The van der Waals surface area contributed by atoms with Gasteiger partial charge in [0, 0.05) is 19.6 Å². The van der Waals surface area contributed by atoms with E-state index >= 15 is 0 Å². The van der Waals surface area contributed by atoms with Gasteiger partial charge in [-0.05, 0) is 18.9 Å². The number of aliphatic hydroxyl groups excluding tert-OH is 2. The molecule has 0 aromatic heterocycles. The predicted molar refractivity (Wildman–Crippen MR) is 58.7 cm³/mol. The molecule has 2 rings (SSSR count). The Kier molecular flexibility index (Phi) is 3.47. The van der Waals surface area contributed by atoms with E-state index in [0.717, 1.165) is 13.0 Å². The predicted octanol–water partition coefficient (Wildman–Crippen LogP) is -1.20. The van der Waals surface area contributed by atoms with Crippen LogP contribution in [0.3, 0.4) is 0 Å². The fourth-order valence-corrected chi connectivity index (χ4v) is 2.55. The van der Waals surface area contributed by atoms with Gasteiger partial charge >= 0.3 is 0 Å². The van der Waals surface area contributed by atoms with E-state index < -0.39 is 12.2 Å². The van der Waals surface area contributed by atoms with E-state index in [9.17, 15) is 15.0 Å². The molecule has 2 heterocycles. The topological polar surface area (TPSA) is 72.8 Å². The van der Waals surface area contributed by atoms with Crippen LogP contribution in [0.4, 0.5) is 0 Å². The van der Waals surface area contributed by atoms with E-state index in [1.165, 1.54) is 0 Å². The van der Waals surface area contributed by atoms with Gasteiger partial charge in [0.2, 0.25) is 5.91 Å². The highest BCUT2D eigenvalue weighted by molar-refractivity contribution is 5.79. The fourth-order valence-electron chi connectivity index (χ4n) is 2.55. The third kappa shape index (κ3) is 2.36. The molecular formula is C11H20N2O3. The molecule has 0 bridgehead atoms. The molecule has 5 heteroatoms. The summed E-state index contributed by atoms with van der Waals surface area (Å²) in [5.41, 5.74) is 0. The average molecular weight is 228 g/mol. The highest BCUT2D eigenvalue weighted by atomic mass is 16.3. The number of amides is 1. The maximum absolute atomic E-state index is 12.1. The van der Waals surface area contributed by atoms with Gasteiger partial charge in [0.15, 0.2) is 0 Å². The van der Waals surface area contributed by atoms with Crippen molar-refractivity contribution in [1.29, 1.82) is 0 Å². The number of piperidine rings is 1. The number of carbonyl (C=O) groups is 1. The molecule has 4 atom stereocenters. The van der Waals surface area contributed by atoms with Gasteiger partial charge in [0.1, 0.15) is 0 Å². The molecule has 1 amide bonds. The first-order chi connectivity index (χ1) is 7.58. The van der Waals surface area contributed by atoms with Crippen LogP contribution >= 0.6 is 0 Å². The van der Waals surface area contributed by atoms with Crippen molar-refractivity contribution in [2.75, 3.05) is 26.2 Å². The highest BCUT2D eigenvalue weighted by Gasteiger charge is 2.36. The van der Waals surface area contributed by atoms with Gasteiger partial charge in [-0.25, -0.2) is 0 Å². The lowest BCUT2D eigenvalue weighted by molar-refractivity contribution is -0.136. The SMILES string of the molecule is CC1CNCC(C(=O)N2CC(O)C(O)C2)C1. The summed E-state index contributed by atoms with van der Waals surface area (Å²) in [6.45, 7) is 4.34. The smallest absolute Gasteiger partial charge is 0.227 e. The summed E-state index contributed by atoms with van der Waals surface area (Å²) < 4.78 is 0. The molecule has 4 unspecified atom stereocenters. The molecule has 0 spiro atoms. The number of carbonyl (C=O) groups excluding carboxylic acids is 1. The van der Waals surface area contributed by atoms with E-state index in [-0.39, 0.29) is 24.9 Å². The highest BCUT2D eigenvalue weighted by Crippen LogP contribution is 2.20. The fraction of sp³-hybridized carbons (Fsp3) is 0.909. The molecule has 2 aliphatic heterocycles. The Hall–Kier alpha value is -0.650. The second kappa shape index (κ2) is 4.69. The van der Waals surface area contributed by atoms with Crippen LogP contribution in [0.25, 0.3) is 0 Å². The number of rotatable bonds is 1. The lowest BCUT2D eigenvalue weighted by Gasteiger charge is -2.30. The first-order valence-corrected chi connectivity index (χ1v) is 5.93. The van der Waals surface area contributed by atoms with Gasteiger partial charge in [-0.3, -0.25) is 4.79 Å². The Labute approximate surface area is 95.4 Å². The standard InChI is InChI=1S/C11H20N2O3/c1-7-2-8(4-12-3-7)11(16)13-5-9(14)10(15)6-13/h7-10,12,14-15H,2-6H2,1H3. The number of nitrogens with zero attached hydrogens (tertiary/aromatic N) is 1. The number of likely N-dealkylation sites (tertiary alicyclic amines) is 1. The van der Waals surface area contributed by atoms with Crippen LogP contribution in [0, 0.1) is 11.8 Å². The third-order valence-electron chi connectivity index (χ3n) is 3.49. The van der Waals surface area contributed by atoms with Gasteiger partial charge in [0.05, 0.1) is 18.1 Å². The maximum atomic E-state index is 12.1.